The topological polar surface area (TPSA) is 69.8 Å². The first kappa shape index (κ1) is 15.6. The summed E-state index contributed by atoms with van der Waals surface area (Å²) in [6.45, 7) is 3.50. The number of ketones is 1. The number of hydrogen-bond donors (Lipinski definition) is 0. The first-order valence-corrected chi connectivity index (χ1v) is 7.68. The number of carbonyl (C=O) groups excluding carboxylic acids is 3. The van der Waals surface area contributed by atoms with Crippen molar-refractivity contribution in [2.24, 2.45) is 10.9 Å². The summed E-state index contributed by atoms with van der Waals surface area (Å²) in [6, 6.07) is -0.390. The van der Waals surface area contributed by atoms with Crippen molar-refractivity contribution < 1.29 is 19.0 Å². The van der Waals surface area contributed by atoms with Crippen LogP contribution in [0.5, 0.6) is 0 Å². The van der Waals surface area contributed by atoms with E-state index in [0.717, 1.165) is 21.8 Å². The summed E-state index contributed by atoms with van der Waals surface area (Å²) < 4.78 is 1.39. The van der Waals surface area contributed by atoms with Crippen molar-refractivity contribution in [3.63, 3.8) is 0 Å². The van der Waals surface area contributed by atoms with Crippen molar-refractivity contribution in [3.8, 4) is 0 Å². The predicted octanol–water partition coefficient (Wildman–Crippen LogP) is 1.31. The van der Waals surface area contributed by atoms with Crippen molar-refractivity contribution in [1.29, 1.82) is 0 Å². The molecule has 21 heavy (non-hydrogen) atoms. The fraction of sp³-hybridized carbons (Fsp3) is 0.500. The number of rotatable bonds is 4. The smallest absolute Gasteiger partial charge is 0.299 e. The van der Waals surface area contributed by atoms with Crippen LogP contribution in [0.4, 0.5) is 4.79 Å². The Labute approximate surface area is 127 Å². The van der Waals surface area contributed by atoms with Gasteiger partial charge in [-0.25, -0.2) is 4.79 Å². The summed E-state index contributed by atoms with van der Waals surface area (Å²) in [6.07, 6.45) is 2.42. The van der Waals surface area contributed by atoms with E-state index < -0.39 is 5.92 Å². The second kappa shape index (κ2) is 5.93. The van der Waals surface area contributed by atoms with E-state index in [2.05, 4.69) is 4.99 Å². The van der Waals surface area contributed by atoms with Crippen molar-refractivity contribution in [3.05, 3.63) is 10.5 Å². The van der Waals surface area contributed by atoms with E-state index in [4.69, 9.17) is 0 Å². The average Bonchev–Trinajstić information content (AvgIpc) is 2.47. The molecule has 7 heteroatoms. The van der Waals surface area contributed by atoms with Gasteiger partial charge in [-0.15, -0.1) is 16.8 Å². The Hall–Kier alpha value is -1.76. The molecule has 2 aliphatic rings. The highest BCUT2D eigenvalue weighted by Crippen LogP contribution is 2.35. The summed E-state index contributed by atoms with van der Waals surface area (Å²) in [5.74, 6) is -0.0752. The van der Waals surface area contributed by atoms with E-state index in [1.165, 1.54) is 30.3 Å². The largest absolute Gasteiger partial charge is 0.445 e. The lowest BCUT2D eigenvalue weighted by molar-refractivity contribution is -0.407. The molecule has 0 aromatic carbocycles. The van der Waals surface area contributed by atoms with Crippen LogP contribution in [0.2, 0.25) is 0 Å². The van der Waals surface area contributed by atoms with Crippen LogP contribution in [0, 0.1) is 5.92 Å². The van der Waals surface area contributed by atoms with Gasteiger partial charge in [0.1, 0.15) is 12.0 Å². The Morgan fingerprint density at radius 3 is 2.71 bits per heavy atom. The Morgan fingerprint density at radius 2 is 2.14 bits per heavy atom. The van der Waals surface area contributed by atoms with Gasteiger partial charge in [0.05, 0.1) is 19.8 Å². The van der Waals surface area contributed by atoms with Crippen LogP contribution in [0.3, 0.4) is 0 Å². The molecule has 0 saturated heterocycles. The Morgan fingerprint density at radius 1 is 1.48 bits per heavy atom. The van der Waals surface area contributed by atoms with Crippen LogP contribution in [-0.4, -0.2) is 59.1 Å². The second-order valence-electron chi connectivity index (χ2n) is 5.02. The van der Waals surface area contributed by atoms with Crippen LogP contribution in [0.1, 0.15) is 20.3 Å². The molecular formula is C14H18N3O3S+. The first-order chi connectivity index (χ1) is 9.88. The number of amidine groups is 1. The van der Waals surface area contributed by atoms with Gasteiger partial charge in [-0.3, -0.25) is 9.59 Å². The SMILES string of the molecule is CCC1=C(SCC(C)=O)C2C(=O)N(C)C(=O)[N+](C)=C2N=C1. The number of aliphatic imine (C=N–C) groups is 1. The van der Waals surface area contributed by atoms with E-state index in [0.29, 0.717) is 11.6 Å². The first-order valence-electron chi connectivity index (χ1n) is 6.69. The van der Waals surface area contributed by atoms with E-state index in [1.54, 1.807) is 13.3 Å². The molecular weight excluding hydrogens is 290 g/mol. The van der Waals surface area contributed by atoms with Crippen LogP contribution in [0.25, 0.3) is 0 Å². The maximum Gasteiger partial charge on any atom is 0.445 e. The minimum absolute atomic E-state index is 0.0491. The van der Waals surface area contributed by atoms with E-state index >= 15 is 0 Å². The molecule has 1 unspecified atom stereocenters. The lowest BCUT2D eigenvalue weighted by Gasteiger charge is -2.27. The van der Waals surface area contributed by atoms with Gasteiger partial charge >= 0.3 is 11.9 Å². The second-order valence-corrected chi connectivity index (χ2v) is 6.04. The number of allylic oxidation sites excluding steroid dienone is 1. The minimum Gasteiger partial charge on any atom is -0.299 e. The molecule has 0 N–H and O–H groups in total. The number of imide groups is 1. The third-order valence-electron chi connectivity index (χ3n) is 3.50. The number of thioether (sulfide) groups is 1. The van der Waals surface area contributed by atoms with E-state index in [9.17, 15) is 14.4 Å². The lowest BCUT2D eigenvalue weighted by Crippen LogP contribution is -2.52. The number of amides is 3. The maximum atomic E-state index is 12.5. The normalized spacial score (nSPS) is 22.1. The highest BCUT2D eigenvalue weighted by atomic mass is 32.2. The summed E-state index contributed by atoms with van der Waals surface area (Å²) in [7, 11) is 3.07. The van der Waals surface area contributed by atoms with E-state index in [-0.39, 0.29) is 17.7 Å². The van der Waals surface area contributed by atoms with Gasteiger partial charge in [-0.05, 0) is 18.9 Å². The third-order valence-corrected chi connectivity index (χ3v) is 4.86. The van der Waals surface area contributed by atoms with Gasteiger partial charge in [-0.2, -0.15) is 9.48 Å². The number of urea groups is 1. The molecule has 0 spiro atoms. The summed E-state index contributed by atoms with van der Waals surface area (Å²) in [5, 5.41) is 0. The molecule has 0 aliphatic carbocycles. The number of fused-ring (bicyclic) bond motifs is 1. The summed E-state index contributed by atoms with van der Waals surface area (Å²) in [5.41, 5.74) is 0.944. The van der Waals surface area contributed by atoms with Gasteiger partial charge in [0.15, 0.2) is 5.92 Å². The average molecular weight is 308 g/mol. The quantitative estimate of drug-likeness (QED) is 0.734. The number of dihydropyridines is 1. The van der Waals surface area contributed by atoms with Gasteiger partial charge in [-0.1, -0.05) is 6.92 Å². The van der Waals surface area contributed by atoms with Gasteiger partial charge in [0.25, 0.3) is 5.84 Å². The van der Waals surface area contributed by atoms with Crippen molar-refractivity contribution in [1.82, 2.24) is 4.90 Å². The van der Waals surface area contributed by atoms with Gasteiger partial charge in [0, 0.05) is 4.91 Å². The minimum atomic E-state index is -0.581. The standard InChI is InChI=1S/C14H18N3O3S/c1-5-9-6-15-12-10(11(9)21-7-8(2)18)13(19)17(4)14(20)16(12)3/h6,10H,5,7H2,1-4H3/q+1. The zero-order chi connectivity index (χ0) is 15.7. The molecule has 112 valence electrons. The van der Waals surface area contributed by atoms with Crippen molar-refractivity contribution in [2.45, 2.75) is 20.3 Å². The summed E-state index contributed by atoms with van der Waals surface area (Å²) in [4.78, 5) is 41.9. The fourth-order valence-corrected chi connectivity index (χ4v) is 3.43. The fourth-order valence-electron chi connectivity index (χ4n) is 2.32. The Balaban J connectivity index is 2.51. The number of carbonyl (C=O) groups is 3. The van der Waals surface area contributed by atoms with Gasteiger partial charge < -0.3 is 0 Å². The molecule has 0 aromatic heterocycles. The molecule has 1 atom stereocenters. The number of hydrogen-bond acceptors (Lipinski definition) is 5. The predicted molar refractivity (Wildman–Crippen MR) is 81.8 cm³/mol. The zero-order valence-corrected chi connectivity index (χ0v) is 13.4. The number of nitrogens with zero attached hydrogens (tertiary/aromatic N) is 3. The van der Waals surface area contributed by atoms with Gasteiger partial charge in [0.2, 0.25) is 0 Å². The molecule has 0 bridgehead atoms. The Bertz CT molecular complexity index is 619. The Kier molecular flexibility index (Phi) is 4.41. The van der Waals surface area contributed by atoms with Crippen molar-refractivity contribution in [2.75, 3.05) is 19.8 Å². The molecule has 2 heterocycles. The molecule has 3 amide bonds. The molecule has 2 rings (SSSR count). The maximum absolute atomic E-state index is 12.5. The molecule has 0 radical (unpaired) electrons. The lowest BCUT2D eigenvalue weighted by atomic mass is 9.97. The van der Waals surface area contributed by atoms with Crippen LogP contribution in [-0.2, 0) is 9.59 Å². The molecule has 0 fully saturated rings. The highest BCUT2D eigenvalue weighted by molar-refractivity contribution is 8.03. The monoisotopic (exact) mass is 308 g/mol. The third kappa shape index (κ3) is 2.70. The molecule has 0 aromatic rings. The summed E-state index contributed by atoms with van der Waals surface area (Å²) >= 11 is 1.37. The van der Waals surface area contributed by atoms with Crippen LogP contribution < -0.4 is 0 Å². The van der Waals surface area contributed by atoms with Crippen molar-refractivity contribution >= 4 is 41.5 Å². The van der Waals surface area contributed by atoms with Crippen LogP contribution >= 0.6 is 11.8 Å². The van der Waals surface area contributed by atoms with Crippen LogP contribution in [0.15, 0.2) is 15.5 Å². The molecule has 0 saturated carbocycles. The molecule has 6 nitrogen and oxygen atoms in total. The highest BCUT2D eigenvalue weighted by Gasteiger charge is 2.48. The van der Waals surface area contributed by atoms with E-state index in [1.807, 2.05) is 6.92 Å². The zero-order valence-electron chi connectivity index (χ0n) is 12.5. The number of Topliss-reactive ketones (excluding diaryl/α,β-unsaturated/α-hetero) is 1. The molecule has 2 aliphatic heterocycles.